The Labute approximate surface area is 121 Å². The topological polar surface area (TPSA) is 48.1 Å². The van der Waals surface area contributed by atoms with Gasteiger partial charge in [0.1, 0.15) is 5.75 Å². The molecule has 4 heteroatoms. The average Bonchev–Trinajstić information content (AvgIpc) is 2.93. The summed E-state index contributed by atoms with van der Waals surface area (Å²) < 4.78 is 6.36. The smallest absolute Gasteiger partial charge is 0.130 e. The Kier molecular flexibility index (Phi) is 3.35. The van der Waals surface area contributed by atoms with Crippen molar-refractivity contribution >= 4 is 32.5 Å². The number of anilines is 1. The molecule has 0 unspecified atom stereocenters. The third-order valence-electron chi connectivity index (χ3n) is 3.92. The highest BCUT2D eigenvalue weighted by Crippen LogP contribution is 2.39. The molecule has 2 aromatic rings. The van der Waals surface area contributed by atoms with Crippen LogP contribution < -0.4 is 10.5 Å². The van der Waals surface area contributed by atoms with Crippen LogP contribution in [0.4, 0.5) is 5.69 Å². The number of pyridine rings is 1. The van der Waals surface area contributed by atoms with E-state index < -0.39 is 0 Å². The van der Waals surface area contributed by atoms with Gasteiger partial charge in [-0.3, -0.25) is 4.98 Å². The summed E-state index contributed by atoms with van der Waals surface area (Å²) in [5.74, 6) is 1.34. The van der Waals surface area contributed by atoms with E-state index in [9.17, 15) is 0 Å². The van der Waals surface area contributed by atoms with Crippen LogP contribution in [-0.4, -0.2) is 12.1 Å². The van der Waals surface area contributed by atoms with Crippen LogP contribution in [0.15, 0.2) is 22.7 Å². The minimum Gasteiger partial charge on any atom is -0.496 e. The van der Waals surface area contributed by atoms with Crippen LogP contribution in [0.5, 0.6) is 5.75 Å². The fraction of sp³-hybridized carbons (Fsp3) is 0.400. The number of ether oxygens (including phenoxy) is 1. The Morgan fingerprint density at radius 3 is 2.74 bits per heavy atom. The third kappa shape index (κ3) is 2.18. The van der Waals surface area contributed by atoms with Gasteiger partial charge < -0.3 is 10.5 Å². The van der Waals surface area contributed by atoms with Gasteiger partial charge in [0.2, 0.25) is 0 Å². The van der Waals surface area contributed by atoms with Gasteiger partial charge in [-0.1, -0.05) is 12.8 Å². The summed E-state index contributed by atoms with van der Waals surface area (Å²) in [6, 6.07) is 5.90. The Morgan fingerprint density at radius 1 is 1.32 bits per heavy atom. The maximum atomic E-state index is 6.23. The number of hydrogen-bond donors (Lipinski definition) is 1. The molecule has 0 aliphatic heterocycles. The number of methoxy groups -OCH3 is 1. The number of benzene rings is 1. The quantitative estimate of drug-likeness (QED) is 0.900. The van der Waals surface area contributed by atoms with Gasteiger partial charge in [0, 0.05) is 21.8 Å². The molecule has 1 aromatic carbocycles. The van der Waals surface area contributed by atoms with Crippen molar-refractivity contribution in [2.75, 3.05) is 12.8 Å². The van der Waals surface area contributed by atoms with Gasteiger partial charge >= 0.3 is 0 Å². The van der Waals surface area contributed by atoms with Gasteiger partial charge in [0.15, 0.2) is 0 Å². The Morgan fingerprint density at radius 2 is 2.05 bits per heavy atom. The first kappa shape index (κ1) is 12.7. The molecule has 1 saturated carbocycles. The van der Waals surface area contributed by atoms with Crippen LogP contribution in [0.1, 0.15) is 37.3 Å². The Bertz CT molecular complexity index is 621. The fourth-order valence-electron chi connectivity index (χ4n) is 2.93. The first-order valence-corrected chi connectivity index (χ1v) is 7.42. The number of nitrogens with zero attached hydrogens (tertiary/aromatic N) is 1. The lowest BCUT2D eigenvalue weighted by atomic mass is 10.0. The molecule has 0 radical (unpaired) electrons. The van der Waals surface area contributed by atoms with Crippen molar-refractivity contribution < 1.29 is 4.74 Å². The van der Waals surface area contributed by atoms with Crippen LogP contribution in [-0.2, 0) is 0 Å². The molecule has 1 aliphatic rings. The maximum absolute atomic E-state index is 6.23. The highest BCUT2D eigenvalue weighted by Gasteiger charge is 2.21. The van der Waals surface area contributed by atoms with Crippen LogP contribution in [0.3, 0.4) is 0 Å². The second-order valence-corrected chi connectivity index (χ2v) is 5.95. The molecular weight excluding hydrogens is 304 g/mol. The van der Waals surface area contributed by atoms with Crippen molar-refractivity contribution in [3.8, 4) is 5.75 Å². The van der Waals surface area contributed by atoms with Crippen LogP contribution in [0, 0.1) is 0 Å². The number of aromatic nitrogens is 1. The molecule has 1 aromatic heterocycles. The summed E-state index contributed by atoms with van der Waals surface area (Å²) in [7, 11) is 1.66. The molecule has 0 amide bonds. The van der Waals surface area contributed by atoms with E-state index in [-0.39, 0.29) is 0 Å². The predicted octanol–water partition coefficient (Wildman–Crippen LogP) is 4.25. The summed E-state index contributed by atoms with van der Waals surface area (Å²) in [5, 5.41) is 0.902. The molecule has 2 N–H and O–H groups in total. The molecule has 3 rings (SSSR count). The summed E-state index contributed by atoms with van der Waals surface area (Å²) in [5.41, 5.74) is 9.01. The zero-order valence-electron chi connectivity index (χ0n) is 10.9. The standard InChI is InChI=1S/C15H17BrN2O/c1-19-13-7-6-10(16)15-14(13)11(17)8-12(18-15)9-4-2-3-5-9/h6-9H,2-5H2,1H3,(H2,17,18). The summed E-state index contributed by atoms with van der Waals surface area (Å²) in [6.07, 6.45) is 5.03. The fourth-order valence-corrected chi connectivity index (χ4v) is 3.35. The van der Waals surface area contributed by atoms with Gasteiger partial charge in [0.05, 0.1) is 18.0 Å². The zero-order valence-corrected chi connectivity index (χ0v) is 12.5. The van der Waals surface area contributed by atoms with E-state index in [0.29, 0.717) is 5.92 Å². The molecule has 0 saturated heterocycles. The summed E-state index contributed by atoms with van der Waals surface area (Å²) >= 11 is 3.56. The lowest BCUT2D eigenvalue weighted by Crippen LogP contribution is -2.01. The minimum atomic E-state index is 0.560. The third-order valence-corrected chi connectivity index (χ3v) is 4.56. The molecule has 0 spiro atoms. The second-order valence-electron chi connectivity index (χ2n) is 5.09. The molecule has 1 heterocycles. The first-order chi connectivity index (χ1) is 9.20. The number of nitrogens with two attached hydrogens (primary N) is 1. The van der Waals surface area contributed by atoms with Crippen molar-refractivity contribution in [1.29, 1.82) is 0 Å². The Balaban J connectivity index is 2.22. The van der Waals surface area contributed by atoms with Gasteiger partial charge in [-0.25, -0.2) is 0 Å². The molecule has 0 atom stereocenters. The van der Waals surface area contributed by atoms with Crippen molar-refractivity contribution in [2.24, 2.45) is 0 Å². The predicted molar refractivity (Wildman–Crippen MR) is 81.6 cm³/mol. The van der Waals surface area contributed by atoms with Gasteiger partial charge in [-0.15, -0.1) is 0 Å². The number of hydrogen-bond acceptors (Lipinski definition) is 3. The van der Waals surface area contributed by atoms with E-state index in [1.165, 1.54) is 25.7 Å². The monoisotopic (exact) mass is 320 g/mol. The van der Waals surface area contributed by atoms with Crippen molar-refractivity contribution in [3.05, 3.63) is 28.4 Å². The maximum Gasteiger partial charge on any atom is 0.130 e. The average molecular weight is 321 g/mol. The van der Waals surface area contributed by atoms with Crippen LogP contribution >= 0.6 is 15.9 Å². The molecule has 19 heavy (non-hydrogen) atoms. The molecule has 100 valence electrons. The molecule has 3 nitrogen and oxygen atoms in total. The first-order valence-electron chi connectivity index (χ1n) is 6.63. The summed E-state index contributed by atoms with van der Waals surface area (Å²) in [6.45, 7) is 0. The molecule has 1 aliphatic carbocycles. The van der Waals surface area contributed by atoms with Crippen molar-refractivity contribution in [2.45, 2.75) is 31.6 Å². The number of fused-ring (bicyclic) bond motifs is 1. The highest BCUT2D eigenvalue weighted by atomic mass is 79.9. The number of rotatable bonds is 2. The minimum absolute atomic E-state index is 0.560. The van der Waals surface area contributed by atoms with E-state index in [1.54, 1.807) is 7.11 Å². The highest BCUT2D eigenvalue weighted by molar-refractivity contribution is 9.10. The molecule has 1 fully saturated rings. The van der Waals surface area contributed by atoms with Gasteiger partial charge in [-0.05, 0) is 47.0 Å². The van der Waals surface area contributed by atoms with Crippen LogP contribution in [0.25, 0.3) is 10.9 Å². The van der Waals surface area contributed by atoms with Crippen LogP contribution in [0.2, 0.25) is 0 Å². The van der Waals surface area contributed by atoms with E-state index >= 15 is 0 Å². The summed E-state index contributed by atoms with van der Waals surface area (Å²) in [4.78, 5) is 4.82. The lowest BCUT2D eigenvalue weighted by Gasteiger charge is -2.14. The lowest BCUT2D eigenvalue weighted by molar-refractivity contribution is 0.420. The second kappa shape index (κ2) is 5.00. The van der Waals surface area contributed by atoms with E-state index in [4.69, 9.17) is 15.5 Å². The molecule has 0 bridgehead atoms. The largest absolute Gasteiger partial charge is 0.496 e. The van der Waals surface area contributed by atoms with E-state index in [2.05, 4.69) is 15.9 Å². The van der Waals surface area contributed by atoms with Gasteiger partial charge in [0.25, 0.3) is 0 Å². The van der Waals surface area contributed by atoms with Crippen molar-refractivity contribution in [1.82, 2.24) is 4.98 Å². The molecular formula is C15H17BrN2O. The SMILES string of the molecule is COc1ccc(Br)c2nc(C3CCCC3)cc(N)c12. The number of nitrogen functional groups attached to an aromatic ring is 1. The number of halogens is 1. The normalized spacial score (nSPS) is 16.1. The zero-order chi connectivity index (χ0) is 13.4. The Hall–Kier alpha value is -1.29. The van der Waals surface area contributed by atoms with E-state index in [0.717, 1.165) is 32.5 Å². The van der Waals surface area contributed by atoms with Crippen molar-refractivity contribution in [3.63, 3.8) is 0 Å². The van der Waals surface area contributed by atoms with E-state index in [1.807, 2.05) is 18.2 Å². The van der Waals surface area contributed by atoms with Gasteiger partial charge in [-0.2, -0.15) is 0 Å².